The molecular formula is C16H25NO3. The first-order valence-corrected chi connectivity index (χ1v) is 7.39. The lowest BCUT2D eigenvalue weighted by molar-refractivity contribution is -0.171. The van der Waals surface area contributed by atoms with Gasteiger partial charge in [-0.3, -0.25) is 4.79 Å². The van der Waals surface area contributed by atoms with Gasteiger partial charge in [0.05, 0.1) is 0 Å². The van der Waals surface area contributed by atoms with Crippen molar-refractivity contribution in [2.24, 2.45) is 11.3 Å². The summed E-state index contributed by atoms with van der Waals surface area (Å²) in [4.78, 5) is 23.8. The van der Waals surface area contributed by atoms with E-state index < -0.39 is 6.04 Å². The minimum absolute atomic E-state index is 0.0424. The second kappa shape index (κ2) is 4.90. The maximum Gasteiger partial charge on any atom is 0.328 e. The standard InChI is InChI=1S/C16H25NO3/c1-10(2)13(18)17-11(3)14(19)20-16-8-6-12(7-9-16)15(16,4)5/h11-12H,1,6-9H2,2-5H3,(H,17,18). The lowest BCUT2D eigenvalue weighted by Crippen LogP contribution is -2.47. The van der Waals surface area contributed by atoms with Gasteiger partial charge in [-0.2, -0.15) is 0 Å². The third-order valence-electron chi connectivity index (χ3n) is 5.37. The molecule has 1 unspecified atom stereocenters. The van der Waals surface area contributed by atoms with Gasteiger partial charge in [-0.25, -0.2) is 4.79 Å². The smallest absolute Gasteiger partial charge is 0.328 e. The molecule has 0 heterocycles. The first-order valence-electron chi connectivity index (χ1n) is 7.39. The van der Waals surface area contributed by atoms with E-state index in [1.165, 1.54) is 0 Å². The normalized spacial score (nSPS) is 31.7. The number of rotatable bonds is 4. The summed E-state index contributed by atoms with van der Waals surface area (Å²) in [6.45, 7) is 11.2. The van der Waals surface area contributed by atoms with Crippen LogP contribution < -0.4 is 5.32 Å². The molecule has 2 rings (SSSR count). The average molecular weight is 279 g/mol. The van der Waals surface area contributed by atoms with Gasteiger partial charge in [0.1, 0.15) is 11.6 Å². The number of ether oxygens (including phenoxy) is 1. The van der Waals surface area contributed by atoms with Crippen molar-refractivity contribution in [1.29, 1.82) is 0 Å². The van der Waals surface area contributed by atoms with E-state index in [9.17, 15) is 9.59 Å². The number of hydrogen-bond donors (Lipinski definition) is 1. The predicted molar refractivity (Wildman–Crippen MR) is 77.0 cm³/mol. The average Bonchev–Trinajstić information content (AvgIpc) is 2.74. The third-order valence-corrected chi connectivity index (χ3v) is 5.37. The molecule has 0 aromatic carbocycles. The Morgan fingerprint density at radius 2 is 1.85 bits per heavy atom. The highest BCUT2D eigenvalue weighted by Crippen LogP contribution is 2.62. The highest BCUT2D eigenvalue weighted by molar-refractivity contribution is 5.95. The molecule has 20 heavy (non-hydrogen) atoms. The quantitative estimate of drug-likeness (QED) is 0.635. The van der Waals surface area contributed by atoms with E-state index >= 15 is 0 Å². The molecule has 1 N–H and O–H groups in total. The van der Waals surface area contributed by atoms with Gasteiger partial charge in [-0.05, 0) is 45.4 Å². The molecule has 4 heteroatoms. The van der Waals surface area contributed by atoms with E-state index in [1.807, 2.05) is 0 Å². The summed E-state index contributed by atoms with van der Waals surface area (Å²) in [5.41, 5.74) is 0.0995. The zero-order chi connectivity index (χ0) is 15.1. The van der Waals surface area contributed by atoms with E-state index in [4.69, 9.17) is 4.74 Å². The summed E-state index contributed by atoms with van der Waals surface area (Å²) < 4.78 is 5.86. The van der Waals surface area contributed by atoms with Crippen molar-refractivity contribution in [3.05, 3.63) is 12.2 Å². The van der Waals surface area contributed by atoms with Crippen LogP contribution >= 0.6 is 0 Å². The van der Waals surface area contributed by atoms with Gasteiger partial charge in [0.25, 0.3) is 0 Å². The van der Waals surface area contributed by atoms with Crippen molar-refractivity contribution in [3.63, 3.8) is 0 Å². The van der Waals surface area contributed by atoms with Gasteiger partial charge in [0.2, 0.25) is 5.91 Å². The van der Waals surface area contributed by atoms with Crippen LogP contribution in [0.15, 0.2) is 12.2 Å². The van der Waals surface area contributed by atoms with Gasteiger partial charge in [0.15, 0.2) is 0 Å². The van der Waals surface area contributed by atoms with Crippen molar-refractivity contribution >= 4 is 11.9 Å². The molecule has 2 fully saturated rings. The number of hydrogen-bond acceptors (Lipinski definition) is 3. The molecule has 0 aromatic heterocycles. The summed E-state index contributed by atoms with van der Waals surface area (Å²) in [5, 5.41) is 2.62. The van der Waals surface area contributed by atoms with Crippen molar-refractivity contribution < 1.29 is 14.3 Å². The summed E-state index contributed by atoms with van der Waals surface area (Å²) >= 11 is 0. The summed E-state index contributed by atoms with van der Waals surface area (Å²) in [6.07, 6.45) is 4.15. The Balaban J connectivity index is 2.01. The van der Waals surface area contributed by atoms with E-state index in [-0.39, 0.29) is 22.9 Å². The van der Waals surface area contributed by atoms with Crippen LogP contribution in [0, 0.1) is 11.3 Å². The number of fused-ring (bicyclic) bond motifs is 2. The maximum atomic E-state index is 12.3. The molecule has 0 radical (unpaired) electrons. The predicted octanol–water partition coefficient (Wildman–Crippen LogP) is 2.58. The summed E-state index contributed by atoms with van der Waals surface area (Å²) in [6, 6.07) is -0.635. The van der Waals surface area contributed by atoms with Crippen LogP contribution in [0.5, 0.6) is 0 Å². The molecule has 112 valence electrons. The SMILES string of the molecule is C=C(C)C(=O)NC(C)C(=O)OC12CCC(CC1)C2(C)C. The zero-order valence-electron chi connectivity index (χ0n) is 12.9. The first-order chi connectivity index (χ1) is 9.19. The fourth-order valence-corrected chi connectivity index (χ4v) is 3.72. The Bertz CT molecular complexity index is 445. The molecule has 1 atom stereocenters. The minimum Gasteiger partial charge on any atom is -0.457 e. The first kappa shape index (κ1) is 15.1. The zero-order valence-corrected chi connectivity index (χ0v) is 12.9. The van der Waals surface area contributed by atoms with E-state index in [0.717, 1.165) is 25.7 Å². The molecule has 0 aromatic rings. The van der Waals surface area contributed by atoms with Crippen molar-refractivity contribution in [2.45, 2.75) is 65.0 Å². The van der Waals surface area contributed by atoms with E-state index in [2.05, 4.69) is 25.7 Å². The number of esters is 1. The number of carbonyl (C=O) groups is 2. The van der Waals surface area contributed by atoms with E-state index in [0.29, 0.717) is 11.5 Å². The largest absolute Gasteiger partial charge is 0.457 e. The summed E-state index contributed by atoms with van der Waals surface area (Å²) in [5.74, 6) is 0.00720. The van der Waals surface area contributed by atoms with Gasteiger partial charge in [-0.15, -0.1) is 0 Å². The van der Waals surface area contributed by atoms with Crippen molar-refractivity contribution in [3.8, 4) is 0 Å². The van der Waals surface area contributed by atoms with Crippen molar-refractivity contribution in [1.82, 2.24) is 5.32 Å². The number of amides is 1. The van der Waals surface area contributed by atoms with Gasteiger partial charge < -0.3 is 10.1 Å². The Morgan fingerprint density at radius 3 is 2.25 bits per heavy atom. The van der Waals surface area contributed by atoms with Crippen LogP contribution in [0.25, 0.3) is 0 Å². The molecule has 2 aliphatic carbocycles. The number of carbonyl (C=O) groups excluding carboxylic acids is 2. The molecule has 2 aliphatic rings. The second-order valence-corrected chi connectivity index (χ2v) is 6.89. The van der Waals surface area contributed by atoms with E-state index in [1.54, 1.807) is 13.8 Å². The van der Waals surface area contributed by atoms with Crippen molar-refractivity contribution in [2.75, 3.05) is 0 Å². The molecule has 2 saturated carbocycles. The fourth-order valence-electron chi connectivity index (χ4n) is 3.72. The number of nitrogens with one attached hydrogen (secondary N) is 1. The van der Waals surface area contributed by atoms with Crippen LogP contribution in [0.2, 0.25) is 0 Å². The Hall–Kier alpha value is -1.32. The van der Waals surface area contributed by atoms with Crippen LogP contribution in [0.3, 0.4) is 0 Å². The van der Waals surface area contributed by atoms with Crippen LogP contribution in [-0.2, 0) is 14.3 Å². The molecule has 2 bridgehead atoms. The van der Waals surface area contributed by atoms with Crippen LogP contribution in [-0.4, -0.2) is 23.5 Å². The molecule has 4 nitrogen and oxygen atoms in total. The Kier molecular flexibility index (Phi) is 3.69. The minimum atomic E-state index is -0.635. The molecular weight excluding hydrogens is 254 g/mol. The van der Waals surface area contributed by atoms with Gasteiger partial charge in [-0.1, -0.05) is 20.4 Å². The monoisotopic (exact) mass is 279 g/mol. The van der Waals surface area contributed by atoms with Crippen LogP contribution in [0.4, 0.5) is 0 Å². The lowest BCUT2D eigenvalue weighted by Gasteiger charge is -2.38. The molecule has 0 aliphatic heterocycles. The fraction of sp³-hybridized carbons (Fsp3) is 0.750. The topological polar surface area (TPSA) is 55.4 Å². The highest BCUT2D eigenvalue weighted by Gasteiger charge is 2.61. The molecule has 0 spiro atoms. The summed E-state index contributed by atoms with van der Waals surface area (Å²) in [7, 11) is 0. The van der Waals surface area contributed by atoms with Gasteiger partial charge in [0, 0.05) is 11.0 Å². The Labute approximate surface area is 120 Å². The van der Waals surface area contributed by atoms with Gasteiger partial charge >= 0.3 is 5.97 Å². The van der Waals surface area contributed by atoms with Crippen LogP contribution in [0.1, 0.15) is 53.4 Å². The lowest BCUT2D eigenvalue weighted by atomic mass is 9.78. The molecule has 1 amide bonds. The molecule has 0 saturated heterocycles. The third kappa shape index (κ3) is 2.25. The Morgan fingerprint density at radius 1 is 1.30 bits per heavy atom. The highest BCUT2D eigenvalue weighted by atomic mass is 16.6. The second-order valence-electron chi connectivity index (χ2n) is 6.89. The maximum absolute atomic E-state index is 12.3.